The Labute approximate surface area is 135 Å². The monoisotopic (exact) mass is 321 g/mol. The smallest absolute Gasteiger partial charge is 0.320 e. The predicted octanol–water partition coefficient (Wildman–Crippen LogP) is 2.48. The fraction of sp³-hybridized carbons (Fsp3) is 0.611. The maximum atomic E-state index is 13.5. The van der Waals surface area contributed by atoms with Gasteiger partial charge in [-0.25, -0.2) is 4.39 Å². The van der Waals surface area contributed by atoms with Gasteiger partial charge in [0.05, 0.1) is 0 Å². The van der Waals surface area contributed by atoms with Crippen molar-refractivity contribution in [3.8, 4) is 0 Å². The van der Waals surface area contributed by atoms with Gasteiger partial charge in [0, 0.05) is 31.0 Å². The topological polar surface area (TPSA) is 60.8 Å². The highest BCUT2D eigenvalue weighted by molar-refractivity contribution is 5.73. The van der Waals surface area contributed by atoms with Crippen molar-refractivity contribution in [3.05, 3.63) is 35.6 Å². The Morgan fingerprint density at radius 3 is 2.74 bits per heavy atom. The molecule has 4 nitrogen and oxygen atoms in total. The third-order valence-corrected chi connectivity index (χ3v) is 5.49. The predicted molar refractivity (Wildman–Crippen MR) is 84.6 cm³/mol. The number of hydrogen-bond donors (Lipinski definition) is 2. The zero-order chi connectivity index (χ0) is 16.6. The van der Waals surface area contributed by atoms with E-state index in [0.717, 1.165) is 18.4 Å². The van der Waals surface area contributed by atoms with Crippen LogP contribution in [0.15, 0.2) is 24.3 Å². The second kappa shape index (κ2) is 6.57. The standard InChI is InChI=1S/C18H24FNO3/c1-11-16(10-21)15(13-3-2-4-14(19)8-13)9-20(11)17(18(22)23)7-12-5-6-12/h2-4,8,11-12,15-17,21H,5-7,9-10H2,1H3,(H,22,23)/t11?,15-,16+,17-/m1/s1. The lowest BCUT2D eigenvalue weighted by molar-refractivity contribution is -0.144. The van der Waals surface area contributed by atoms with Gasteiger partial charge in [-0.05, 0) is 37.0 Å². The van der Waals surface area contributed by atoms with Crippen molar-refractivity contribution in [2.75, 3.05) is 13.2 Å². The summed E-state index contributed by atoms with van der Waals surface area (Å²) >= 11 is 0. The third kappa shape index (κ3) is 3.40. The summed E-state index contributed by atoms with van der Waals surface area (Å²) in [6, 6.07) is 5.90. The highest BCUT2D eigenvalue weighted by Gasteiger charge is 2.45. The molecule has 4 atom stereocenters. The van der Waals surface area contributed by atoms with E-state index in [1.54, 1.807) is 6.07 Å². The molecule has 0 amide bonds. The molecule has 1 aromatic carbocycles. The Morgan fingerprint density at radius 1 is 1.43 bits per heavy atom. The molecule has 2 fully saturated rings. The van der Waals surface area contributed by atoms with E-state index >= 15 is 0 Å². The lowest BCUT2D eigenvalue weighted by Crippen LogP contribution is -2.44. The van der Waals surface area contributed by atoms with Crippen LogP contribution in [0.2, 0.25) is 0 Å². The van der Waals surface area contributed by atoms with Gasteiger partial charge in [-0.15, -0.1) is 0 Å². The maximum absolute atomic E-state index is 13.5. The number of nitrogens with zero attached hydrogens (tertiary/aromatic N) is 1. The second-order valence-corrected chi connectivity index (χ2v) is 6.98. The van der Waals surface area contributed by atoms with Gasteiger partial charge in [-0.3, -0.25) is 9.69 Å². The van der Waals surface area contributed by atoms with Crippen LogP contribution in [0.5, 0.6) is 0 Å². The van der Waals surface area contributed by atoms with Crippen molar-refractivity contribution in [1.29, 1.82) is 0 Å². The van der Waals surface area contributed by atoms with Crippen LogP contribution in [0.3, 0.4) is 0 Å². The van der Waals surface area contributed by atoms with Crippen molar-refractivity contribution >= 4 is 5.97 Å². The lowest BCUT2D eigenvalue weighted by atomic mass is 9.86. The van der Waals surface area contributed by atoms with Crippen LogP contribution >= 0.6 is 0 Å². The quantitative estimate of drug-likeness (QED) is 0.845. The molecule has 3 rings (SSSR count). The Kier molecular flexibility index (Phi) is 4.69. The number of benzene rings is 1. The normalized spacial score (nSPS) is 29.6. The molecule has 5 heteroatoms. The van der Waals surface area contributed by atoms with E-state index in [4.69, 9.17) is 0 Å². The van der Waals surface area contributed by atoms with Gasteiger partial charge in [0.25, 0.3) is 0 Å². The van der Waals surface area contributed by atoms with Crippen molar-refractivity contribution in [2.24, 2.45) is 11.8 Å². The Balaban J connectivity index is 1.83. The highest BCUT2D eigenvalue weighted by atomic mass is 19.1. The van der Waals surface area contributed by atoms with Gasteiger partial charge < -0.3 is 10.2 Å². The summed E-state index contributed by atoms with van der Waals surface area (Å²) in [6.07, 6.45) is 2.90. The van der Waals surface area contributed by atoms with E-state index in [1.165, 1.54) is 12.1 Å². The first-order valence-electron chi connectivity index (χ1n) is 8.36. The van der Waals surface area contributed by atoms with Gasteiger partial charge >= 0.3 is 5.97 Å². The Hall–Kier alpha value is -1.46. The molecule has 2 aliphatic rings. The van der Waals surface area contributed by atoms with Gasteiger partial charge in [0.15, 0.2) is 0 Å². The maximum Gasteiger partial charge on any atom is 0.320 e. The molecule has 1 aliphatic heterocycles. The van der Waals surface area contributed by atoms with E-state index in [0.29, 0.717) is 18.9 Å². The molecule has 1 heterocycles. The molecule has 1 saturated heterocycles. The van der Waals surface area contributed by atoms with Crippen molar-refractivity contribution < 1.29 is 19.4 Å². The average Bonchev–Trinajstić information content (AvgIpc) is 3.27. The van der Waals surface area contributed by atoms with E-state index in [2.05, 4.69) is 0 Å². The van der Waals surface area contributed by atoms with Gasteiger partial charge in [0.1, 0.15) is 11.9 Å². The summed E-state index contributed by atoms with van der Waals surface area (Å²) in [5.74, 6) is -0.674. The van der Waals surface area contributed by atoms with Crippen LogP contribution in [0.25, 0.3) is 0 Å². The van der Waals surface area contributed by atoms with E-state index in [9.17, 15) is 19.4 Å². The molecule has 0 bridgehead atoms. The van der Waals surface area contributed by atoms with Gasteiger partial charge in [0.2, 0.25) is 0 Å². The summed E-state index contributed by atoms with van der Waals surface area (Å²) < 4.78 is 13.5. The highest BCUT2D eigenvalue weighted by Crippen LogP contribution is 2.41. The summed E-state index contributed by atoms with van der Waals surface area (Å²) in [7, 11) is 0. The van der Waals surface area contributed by atoms with Gasteiger partial charge in [-0.1, -0.05) is 25.0 Å². The molecule has 0 aromatic heterocycles. The zero-order valence-electron chi connectivity index (χ0n) is 13.4. The van der Waals surface area contributed by atoms with Crippen molar-refractivity contribution in [3.63, 3.8) is 0 Å². The molecule has 1 aliphatic carbocycles. The molecule has 0 radical (unpaired) electrons. The van der Waals surface area contributed by atoms with Crippen molar-refractivity contribution in [2.45, 2.75) is 44.2 Å². The minimum absolute atomic E-state index is 0.0192. The van der Waals surface area contributed by atoms with E-state index in [1.807, 2.05) is 17.9 Å². The third-order valence-electron chi connectivity index (χ3n) is 5.49. The number of aliphatic carboxylic acids is 1. The van der Waals surface area contributed by atoms with Gasteiger partial charge in [-0.2, -0.15) is 0 Å². The number of aliphatic hydroxyl groups excluding tert-OH is 1. The van der Waals surface area contributed by atoms with Crippen molar-refractivity contribution in [1.82, 2.24) is 4.90 Å². The fourth-order valence-electron chi connectivity index (χ4n) is 3.94. The van der Waals surface area contributed by atoms with E-state index in [-0.39, 0.29) is 30.3 Å². The van der Waals surface area contributed by atoms with Crippen LogP contribution in [0, 0.1) is 17.7 Å². The average molecular weight is 321 g/mol. The molecule has 2 N–H and O–H groups in total. The molecule has 23 heavy (non-hydrogen) atoms. The van der Waals surface area contributed by atoms with Crippen LogP contribution in [-0.4, -0.2) is 46.3 Å². The van der Waals surface area contributed by atoms with Crippen LogP contribution < -0.4 is 0 Å². The van der Waals surface area contributed by atoms with Crippen LogP contribution in [-0.2, 0) is 4.79 Å². The molecule has 1 unspecified atom stereocenters. The van der Waals surface area contributed by atoms with Crippen LogP contribution in [0.4, 0.5) is 4.39 Å². The first kappa shape index (κ1) is 16.4. The SMILES string of the molecule is CC1[C@H](CO)[C@@H](c2cccc(F)c2)CN1[C@H](CC1CC1)C(=O)O. The molecule has 0 spiro atoms. The lowest BCUT2D eigenvalue weighted by Gasteiger charge is -2.29. The molecule has 126 valence electrons. The number of hydrogen-bond acceptors (Lipinski definition) is 3. The molecular weight excluding hydrogens is 297 g/mol. The first-order chi connectivity index (χ1) is 11.0. The number of likely N-dealkylation sites (tertiary alicyclic amines) is 1. The number of halogens is 1. The van der Waals surface area contributed by atoms with Crippen LogP contribution in [0.1, 0.15) is 37.7 Å². The number of aliphatic hydroxyl groups is 1. The summed E-state index contributed by atoms with van der Waals surface area (Å²) in [4.78, 5) is 13.7. The number of carboxylic acid groups (broad SMARTS) is 1. The number of carboxylic acids is 1. The summed E-state index contributed by atoms with van der Waals surface area (Å²) in [5.41, 5.74) is 0.842. The summed E-state index contributed by atoms with van der Waals surface area (Å²) in [6.45, 7) is 2.51. The Morgan fingerprint density at radius 2 is 2.17 bits per heavy atom. The molecule has 1 aromatic rings. The largest absolute Gasteiger partial charge is 0.480 e. The first-order valence-corrected chi connectivity index (χ1v) is 8.36. The minimum atomic E-state index is -0.791. The Bertz CT molecular complexity index is 575. The minimum Gasteiger partial charge on any atom is -0.480 e. The molecule has 1 saturated carbocycles. The zero-order valence-corrected chi connectivity index (χ0v) is 13.4. The second-order valence-electron chi connectivity index (χ2n) is 6.98. The summed E-state index contributed by atoms with van der Waals surface area (Å²) in [5, 5.41) is 19.4. The number of carbonyl (C=O) groups is 1. The molecular formula is C18H24FNO3. The fourth-order valence-corrected chi connectivity index (χ4v) is 3.94. The number of rotatable bonds is 6. The van der Waals surface area contributed by atoms with E-state index < -0.39 is 12.0 Å².